The van der Waals surface area contributed by atoms with Crippen LogP contribution < -0.4 is 15.8 Å². The third-order valence-corrected chi connectivity index (χ3v) is 3.04. The topological polar surface area (TPSA) is 47.3 Å². The van der Waals surface area contributed by atoms with Gasteiger partial charge in [0.25, 0.3) is 0 Å². The van der Waals surface area contributed by atoms with Crippen LogP contribution in [0.3, 0.4) is 0 Å². The third-order valence-electron chi connectivity index (χ3n) is 3.04. The van der Waals surface area contributed by atoms with Crippen molar-refractivity contribution in [3.05, 3.63) is 23.8 Å². The Hall–Kier alpha value is -1.22. The summed E-state index contributed by atoms with van der Waals surface area (Å²) in [7, 11) is 1.70. The van der Waals surface area contributed by atoms with Gasteiger partial charge in [0.05, 0.1) is 7.11 Å². The minimum Gasteiger partial charge on any atom is -0.496 e. The molecule has 1 saturated carbocycles. The molecule has 3 N–H and O–H groups in total. The average molecular weight is 206 g/mol. The van der Waals surface area contributed by atoms with Gasteiger partial charge in [-0.25, -0.2) is 0 Å². The Balaban J connectivity index is 2.07. The van der Waals surface area contributed by atoms with E-state index in [-0.39, 0.29) is 0 Å². The molecule has 0 aromatic heterocycles. The van der Waals surface area contributed by atoms with Gasteiger partial charge >= 0.3 is 0 Å². The van der Waals surface area contributed by atoms with Crippen LogP contribution >= 0.6 is 0 Å². The van der Waals surface area contributed by atoms with Crippen LogP contribution in [-0.2, 0) is 0 Å². The fourth-order valence-electron chi connectivity index (χ4n) is 1.99. The molecule has 0 heterocycles. The highest BCUT2D eigenvalue weighted by atomic mass is 16.5. The maximum Gasteiger partial charge on any atom is 0.123 e. The number of hydrogen-bond acceptors (Lipinski definition) is 3. The molecule has 0 radical (unpaired) electrons. The van der Waals surface area contributed by atoms with Crippen molar-refractivity contribution in [2.24, 2.45) is 5.73 Å². The molecule has 15 heavy (non-hydrogen) atoms. The van der Waals surface area contributed by atoms with E-state index in [2.05, 4.69) is 18.3 Å². The monoisotopic (exact) mass is 206 g/mol. The molecule has 1 aliphatic rings. The van der Waals surface area contributed by atoms with Crippen LogP contribution in [-0.4, -0.2) is 19.2 Å². The number of anilines is 1. The van der Waals surface area contributed by atoms with Gasteiger partial charge in [0.1, 0.15) is 5.75 Å². The number of hydrogen-bond donors (Lipinski definition) is 2. The SMILES string of the molecule is COc1cccc(NC2CC(N)C2)c1C. The molecule has 3 heteroatoms. The van der Waals surface area contributed by atoms with Crippen LogP contribution in [0.4, 0.5) is 5.69 Å². The van der Waals surface area contributed by atoms with Crippen LogP contribution in [0.1, 0.15) is 18.4 Å². The zero-order valence-corrected chi connectivity index (χ0v) is 9.29. The minimum absolute atomic E-state index is 0.383. The predicted octanol–water partition coefficient (Wildman–Crippen LogP) is 1.91. The lowest BCUT2D eigenvalue weighted by Gasteiger charge is -2.34. The lowest BCUT2D eigenvalue weighted by atomic mass is 9.87. The summed E-state index contributed by atoms with van der Waals surface area (Å²) in [4.78, 5) is 0. The van der Waals surface area contributed by atoms with Crippen molar-refractivity contribution in [3.8, 4) is 5.75 Å². The van der Waals surface area contributed by atoms with Crippen LogP contribution in [0.25, 0.3) is 0 Å². The standard InChI is InChI=1S/C12H18N2O/c1-8-11(4-3-5-12(8)15-2)14-10-6-9(13)7-10/h3-5,9-10,14H,6-7,13H2,1-2H3. The maximum atomic E-state index is 5.75. The molecule has 3 nitrogen and oxygen atoms in total. The van der Waals surface area contributed by atoms with Gasteiger partial charge in [-0.05, 0) is 31.9 Å². The molecule has 0 unspecified atom stereocenters. The van der Waals surface area contributed by atoms with E-state index in [9.17, 15) is 0 Å². The molecule has 0 amide bonds. The van der Waals surface area contributed by atoms with Crippen LogP contribution in [0.2, 0.25) is 0 Å². The van der Waals surface area contributed by atoms with E-state index in [1.54, 1.807) is 7.11 Å². The Bertz CT molecular complexity index is 345. The molecule has 82 valence electrons. The van der Waals surface area contributed by atoms with Gasteiger partial charge in [-0.1, -0.05) is 6.07 Å². The molecule has 0 atom stereocenters. The van der Waals surface area contributed by atoms with E-state index in [0.717, 1.165) is 24.3 Å². The Morgan fingerprint density at radius 3 is 2.73 bits per heavy atom. The minimum atomic E-state index is 0.383. The van der Waals surface area contributed by atoms with E-state index in [1.165, 1.54) is 5.56 Å². The molecule has 1 aromatic carbocycles. The van der Waals surface area contributed by atoms with Crippen molar-refractivity contribution in [1.29, 1.82) is 0 Å². The molecular weight excluding hydrogens is 188 g/mol. The highest BCUT2D eigenvalue weighted by Gasteiger charge is 2.25. The highest BCUT2D eigenvalue weighted by molar-refractivity contribution is 5.57. The molecule has 1 fully saturated rings. The summed E-state index contributed by atoms with van der Waals surface area (Å²) in [6.07, 6.45) is 2.13. The Labute approximate surface area is 90.6 Å². The van der Waals surface area contributed by atoms with Gasteiger partial charge < -0.3 is 15.8 Å². The number of rotatable bonds is 3. The molecule has 1 aliphatic carbocycles. The first-order chi connectivity index (χ1) is 7.20. The van der Waals surface area contributed by atoms with E-state index in [0.29, 0.717) is 12.1 Å². The van der Waals surface area contributed by atoms with Crippen LogP contribution in [0.5, 0.6) is 5.75 Å². The first-order valence-electron chi connectivity index (χ1n) is 5.36. The van der Waals surface area contributed by atoms with E-state index < -0.39 is 0 Å². The fraction of sp³-hybridized carbons (Fsp3) is 0.500. The first kappa shape index (κ1) is 10.3. The smallest absolute Gasteiger partial charge is 0.123 e. The van der Waals surface area contributed by atoms with Gasteiger partial charge in [0, 0.05) is 23.3 Å². The van der Waals surface area contributed by atoms with Crippen molar-refractivity contribution >= 4 is 5.69 Å². The van der Waals surface area contributed by atoms with Crippen molar-refractivity contribution in [3.63, 3.8) is 0 Å². The quantitative estimate of drug-likeness (QED) is 0.794. The van der Waals surface area contributed by atoms with Gasteiger partial charge in [0.2, 0.25) is 0 Å². The maximum absolute atomic E-state index is 5.75. The zero-order valence-electron chi connectivity index (χ0n) is 9.29. The van der Waals surface area contributed by atoms with Crippen LogP contribution in [0.15, 0.2) is 18.2 Å². The third kappa shape index (κ3) is 2.07. The summed E-state index contributed by atoms with van der Waals surface area (Å²) in [5, 5.41) is 3.49. The summed E-state index contributed by atoms with van der Waals surface area (Å²) in [5.41, 5.74) is 8.08. The lowest BCUT2D eigenvalue weighted by molar-refractivity contribution is 0.373. The van der Waals surface area contributed by atoms with Crippen molar-refractivity contribution < 1.29 is 4.74 Å². The van der Waals surface area contributed by atoms with E-state index in [1.807, 2.05) is 12.1 Å². The summed E-state index contributed by atoms with van der Waals surface area (Å²) < 4.78 is 5.28. The predicted molar refractivity (Wildman–Crippen MR) is 62.4 cm³/mol. The fourth-order valence-corrected chi connectivity index (χ4v) is 1.99. The molecule has 0 saturated heterocycles. The van der Waals surface area contributed by atoms with Gasteiger partial charge in [0.15, 0.2) is 0 Å². The summed E-state index contributed by atoms with van der Waals surface area (Å²) in [6.45, 7) is 2.07. The summed E-state index contributed by atoms with van der Waals surface area (Å²) in [6, 6.07) is 6.99. The van der Waals surface area contributed by atoms with Gasteiger partial charge in [-0.2, -0.15) is 0 Å². The molecule has 1 aromatic rings. The molecule has 0 bridgehead atoms. The normalized spacial score (nSPS) is 24.5. The van der Waals surface area contributed by atoms with Gasteiger partial charge in [-0.3, -0.25) is 0 Å². The van der Waals surface area contributed by atoms with E-state index in [4.69, 9.17) is 10.5 Å². The van der Waals surface area contributed by atoms with Crippen molar-refractivity contribution in [1.82, 2.24) is 0 Å². The van der Waals surface area contributed by atoms with Crippen molar-refractivity contribution in [2.75, 3.05) is 12.4 Å². The number of nitrogens with two attached hydrogens (primary N) is 1. The van der Waals surface area contributed by atoms with Gasteiger partial charge in [-0.15, -0.1) is 0 Å². The Morgan fingerprint density at radius 1 is 1.40 bits per heavy atom. The van der Waals surface area contributed by atoms with Crippen molar-refractivity contribution in [2.45, 2.75) is 31.8 Å². The number of methoxy groups -OCH3 is 1. The first-order valence-corrected chi connectivity index (χ1v) is 5.36. The largest absolute Gasteiger partial charge is 0.496 e. The number of nitrogens with one attached hydrogen (secondary N) is 1. The number of ether oxygens (including phenoxy) is 1. The molecular formula is C12H18N2O. The molecule has 0 aliphatic heterocycles. The lowest BCUT2D eigenvalue weighted by Crippen LogP contribution is -2.44. The second kappa shape index (κ2) is 4.11. The second-order valence-electron chi connectivity index (χ2n) is 4.21. The Kier molecular flexibility index (Phi) is 2.82. The molecule has 2 rings (SSSR count). The average Bonchev–Trinajstić information content (AvgIpc) is 2.18. The van der Waals surface area contributed by atoms with Crippen LogP contribution in [0, 0.1) is 6.92 Å². The number of benzene rings is 1. The van der Waals surface area contributed by atoms with E-state index >= 15 is 0 Å². The highest BCUT2D eigenvalue weighted by Crippen LogP contribution is 2.29. The second-order valence-corrected chi connectivity index (χ2v) is 4.21. The zero-order chi connectivity index (χ0) is 10.8. The molecule has 0 spiro atoms. The Morgan fingerprint density at radius 2 is 2.13 bits per heavy atom. The summed E-state index contributed by atoms with van der Waals surface area (Å²) in [5.74, 6) is 0.934. The summed E-state index contributed by atoms with van der Waals surface area (Å²) >= 11 is 0.